The summed E-state index contributed by atoms with van der Waals surface area (Å²) in [5.41, 5.74) is 2.42. The van der Waals surface area contributed by atoms with Gasteiger partial charge in [0.05, 0.1) is 16.1 Å². The van der Waals surface area contributed by atoms with E-state index in [4.69, 9.17) is 23.2 Å². The zero-order chi connectivity index (χ0) is 14.3. The molecule has 0 N–H and O–H groups in total. The first-order valence-corrected chi connectivity index (χ1v) is 7.90. The molecule has 0 bridgehead atoms. The Labute approximate surface area is 140 Å². The van der Waals surface area contributed by atoms with E-state index in [0.29, 0.717) is 5.02 Å². The number of benzene rings is 1. The highest BCUT2D eigenvalue weighted by atomic mass is 127. The zero-order valence-electron chi connectivity index (χ0n) is 10.5. The average Bonchev–Trinajstić information content (AvgIpc) is 2.78. The van der Waals surface area contributed by atoms with Crippen LogP contribution in [0.2, 0.25) is 5.02 Å². The standard InChI is InChI=1S/C14H10Cl2IN3/c1-8(15)13-19-11-3-2-6-18-14(11)20(13)12-5-4-9(17)7-10(12)16/h2-8H,1H3. The summed E-state index contributed by atoms with van der Waals surface area (Å²) >= 11 is 14.9. The summed E-state index contributed by atoms with van der Waals surface area (Å²) in [6, 6.07) is 9.65. The lowest BCUT2D eigenvalue weighted by Gasteiger charge is -2.11. The average molecular weight is 418 g/mol. The van der Waals surface area contributed by atoms with Crippen LogP contribution in [0.4, 0.5) is 0 Å². The van der Waals surface area contributed by atoms with Crippen molar-refractivity contribution in [1.82, 2.24) is 14.5 Å². The largest absolute Gasteiger partial charge is 0.278 e. The first-order chi connectivity index (χ1) is 9.58. The van der Waals surface area contributed by atoms with Gasteiger partial charge in [-0.15, -0.1) is 11.6 Å². The summed E-state index contributed by atoms with van der Waals surface area (Å²) in [5, 5.41) is 0.417. The molecular formula is C14H10Cl2IN3. The van der Waals surface area contributed by atoms with Gasteiger partial charge in [0.15, 0.2) is 5.65 Å². The number of hydrogen-bond donors (Lipinski definition) is 0. The summed E-state index contributed by atoms with van der Waals surface area (Å²) in [6.07, 6.45) is 1.74. The Morgan fingerprint density at radius 1 is 1.30 bits per heavy atom. The molecule has 0 aliphatic heterocycles. The lowest BCUT2D eigenvalue weighted by molar-refractivity contribution is 0.877. The molecule has 1 atom stereocenters. The molecule has 0 saturated carbocycles. The van der Waals surface area contributed by atoms with Gasteiger partial charge in [0.2, 0.25) is 0 Å². The molecule has 0 spiro atoms. The van der Waals surface area contributed by atoms with Crippen molar-refractivity contribution in [1.29, 1.82) is 0 Å². The smallest absolute Gasteiger partial charge is 0.164 e. The number of aromatic nitrogens is 3. The number of halogens is 3. The van der Waals surface area contributed by atoms with Gasteiger partial charge in [-0.2, -0.15) is 0 Å². The van der Waals surface area contributed by atoms with E-state index in [1.807, 2.05) is 41.8 Å². The molecule has 102 valence electrons. The summed E-state index contributed by atoms with van der Waals surface area (Å²) < 4.78 is 3.00. The van der Waals surface area contributed by atoms with E-state index >= 15 is 0 Å². The van der Waals surface area contributed by atoms with E-state index in [1.54, 1.807) is 6.20 Å². The fraction of sp³-hybridized carbons (Fsp3) is 0.143. The van der Waals surface area contributed by atoms with Crippen LogP contribution in [0.3, 0.4) is 0 Å². The minimum atomic E-state index is -0.237. The van der Waals surface area contributed by atoms with Crippen LogP contribution in [0.1, 0.15) is 18.1 Å². The SMILES string of the molecule is CC(Cl)c1nc2cccnc2n1-c1ccc(I)cc1Cl. The molecule has 0 aliphatic rings. The van der Waals surface area contributed by atoms with Crippen LogP contribution in [-0.4, -0.2) is 14.5 Å². The lowest BCUT2D eigenvalue weighted by Crippen LogP contribution is -2.03. The van der Waals surface area contributed by atoms with Crippen LogP contribution in [0, 0.1) is 3.57 Å². The van der Waals surface area contributed by atoms with Gasteiger partial charge in [-0.1, -0.05) is 11.6 Å². The van der Waals surface area contributed by atoms with Gasteiger partial charge in [-0.3, -0.25) is 4.57 Å². The second-order valence-electron chi connectivity index (χ2n) is 4.36. The van der Waals surface area contributed by atoms with Crippen LogP contribution in [0.5, 0.6) is 0 Å². The highest BCUT2D eigenvalue weighted by molar-refractivity contribution is 14.1. The normalized spacial score (nSPS) is 12.8. The Kier molecular flexibility index (Phi) is 3.88. The third-order valence-corrected chi connectivity index (χ3v) is 4.12. The Bertz CT molecular complexity index is 783. The molecule has 3 aromatic rings. The first kappa shape index (κ1) is 14.1. The fourth-order valence-electron chi connectivity index (χ4n) is 2.10. The van der Waals surface area contributed by atoms with Gasteiger partial charge in [0.1, 0.15) is 11.3 Å². The second-order valence-corrected chi connectivity index (χ2v) is 6.67. The molecule has 0 saturated heterocycles. The van der Waals surface area contributed by atoms with Crippen LogP contribution in [-0.2, 0) is 0 Å². The quantitative estimate of drug-likeness (QED) is 0.435. The molecule has 3 nitrogen and oxygen atoms in total. The predicted octanol–water partition coefficient (Wildman–Crippen LogP) is 4.98. The molecule has 0 radical (unpaired) electrons. The second kappa shape index (κ2) is 5.50. The maximum Gasteiger partial charge on any atom is 0.164 e. The van der Waals surface area contributed by atoms with Crippen molar-refractivity contribution in [3.05, 3.63) is 50.9 Å². The van der Waals surface area contributed by atoms with Crippen LogP contribution >= 0.6 is 45.8 Å². The number of hydrogen-bond acceptors (Lipinski definition) is 2. The molecule has 1 aromatic carbocycles. The number of fused-ring (bicyclic) bond motifs is 1. The van der Waals surface area contributed by atoms with Crippen molar-refractivity contribution in [3.63, 3.8) is 0 Å². The maximum atomic E-state index is 6.37. The number of nitrogens with zero attached hydrogens (tertiary/aromatic N) is 3. The summed E-state index contributed by atoms with van der Waals surface area (Å²) in [6.45, 7) is 1.89. The molecule has 1 unspecified atom stereocenters. The predicted molar refractivity (Wildman–Crippen MR) is 90.9 cm³/mol. The molecule has 20 heavy (non-hydrogen) atoms. The van der Waals surface area contributed by atoms with Crippen molar-refractivity contribution in [2.24, 2.45) is 0 Å². The summed E-state index contributed by atoms with van der Waals surface area (Å²) in [4.78, 5) is 8.97. The summed E-state index contributed by atoms with van der Waals surface area (Å²) in [5.74, 6) is 0.739. The van der Waals surface area contributed by atoms with Gasteiger partial charge in [-0.05, 0) is 59.8 Å². The van der Waals surface area contributed by atoms with E-state index in [1.165, 1.54) is 0 Å². The van der Waals surface area contributed by atoms with Gasteiger partial charge in [-0.25, -0.2) is 9.97 Å². The van der Waals surface area contributed by atoms with E-state index in [9.17, 15) is 0 Å². The summed E-state index contributed by atoms with van der Waals surface area (Å²) in [7, 11) is 0. The van der Waals surface area contributed by atoms with Crippen molar-refractivity contribution < 1.29 is 0 Å². The van der Waals surface area contributed by atoms with Crippen LogP contribution in [0.15, 0.2) is 36.5 Å². The molecule has 0 fully saturated rings. The molecule has 0 aliphatic carbocycles. The van der Waals surface area contributed by atoms with Crippen molar-refractivity contribution >= 4 is 57.0 Å². The van der Waals surface area contributed by atoms with Crippen molar-refractivity contribution in [2.75, 3.05) is 0 Å². The topological polar surface area (TPSA) is 30.7 Å². The highest BCUT2D eigenvalue weighted by Crippen LogP contribution is 2.31. The van der Waals surface area contributed by atoms with Gasteiger partial charge >= 0.3 is 0 Å². The number of rotatable bonds is 2. The Morgan fingerprint density at radius 2 is 2.10 bits per heavy atom. The third-order valence-electron chi connectivity index (χ3n) is 2.95. The van der Waals surface area contributed by atoms with E-state index in [-0.39, 0.29) is 5.38 Å². The van der Waals surface area contributed by atoms with Crippen molar-refractivity contribution in [2.45, 2.75) is 12.3 Å². The van der Waals surface area contributed by atoms with E-state index in [0.717, 1.165) is 26.2 Å². The third kappa shape index (κ3) is 2.40. The Hall–Kier alpha value is -0.850. The van der Waals surface area contributed by atoms with Gasteiger partial charge in [0.25, 0.3) is 0 Å². The minimum absolute atomic E-state index is 0.237. The lowest BCUT2D eigenvalue weighted by atomic mass is 10.3. The molecular weight excluding hydrogens is 408 g/mol. The zero-order valence-corrected chi connectivity index (χ0v) is 14.2. The number of imidazole rings is 1. The highest BCUT2D eigenvalue weighted by Gasteiger charge is 2.18. The number of pyridine rings is 1. The Balaban J connectivity index is 2.36. The van der Waals surface area contributed by atoms with Crippen molar-refractivity contribution in [3.8, 4) is 5.69 Å². The fourth-order valence-corrected chi connectivity index (χ4v) is 3.18. The molecule has 2 aromatic heterocycles. The minimum Gasteiger partial charge on any atom is -0.278 e. The first-order valence-electron chi connectivity index (χ1n) is 6.01. The maximum absolute atomic E-state index is 6.37. The van der Waals surface area contributed by atoms with E-state index in [2.05, 4.69) is 32.6 Å². The molecule has 2 heterocycles. The Morgan fingerprint density at radius 3 is 2.80 bits per heavy atom. The van der Waals surface area contributed by atoms with Gasteiger partial charge < -0.3 is 0 Å². The van der Waals surface area contributed by atoms with Gasteiger partial charge in [0, 0.05) is 9.77 Å². The number of alkyl halides is 1. The molecule has 6 heteroatoms. The van der Waals surface area contributed by atoms with Crippen LogP contribution < -0.4 is 0 Å². The van der Waals surface area contributed by atoms with E-state index < -0.39 is 0 Å². The molecule has 0 amide bonds. The van der Waals surface area contributed by atoms with Crippen LogP contribution in [0.25, 0.3) is 16.9 Å². The molecule has 3 rings (SSSR count). The monoisotopic (exact) mass is 417 g/mol.